The van der Waals surface area contributed by atoms with E-state index in [-0.39, 0.29) is 22.0 Å². The fraction of sp³-hybridized carbons (Fsp3) is 0.174. The largest absolute Gasteiger partial charge is 0.325 e. The van der Waals surface area contributed by atoms with Crippen LogP contribution in [0.2, 0.25) is 0 Å². The molecule has 0 aromatic heterocycles. The first-order chi connectivity index (χ1) is 16.0. The Balaban J connectivity index is 1.90. The molecule has 0 aliphatic carbocycles. The molecule has 0 radical (unpaired) electrons. The molecule has 2 N–H and O–H groups in total. The quantitative estimate of drug-likeness (QED) is 0.464. The molecule has 0 bridgehead atoms. The van der Waals surface area contributed by atoms with Gasteiger partial charge in [-0.3, -0.25) is 4.79 Å². The van der Waals surface area contributed by atoms with Crippen molar-refractivity contribution in [3.05, 3.63) is 89.7 Å². The van der Waals surface area contributed by atoms with Crippen LogP contribution in [0.25, 0.3) is 0 Å². The van der Waals surface area contributed by atoms with Gasteiger partial charge in [-0.15, -0.1) is 0 Å². The highest BCUT2D eigenvalue weighted by atomic mass is 32.2. The lowest BCUT2D eigenvalue weighted by Crippen LogP contribution is -2.37. The Hall–Kier alpha value is -3.12. The first-order valence-electron chi connectivity index (χ1n) is 10.2. The van der Waals surface area contributed by atoms with Crippen LogP contribution in [0.5, 0.6) is 0 Å². The van der Waals surface area contributed by atoms with E-state index in [4.69, 9.17) is 0 Å². The first-order valence-corrected chi connectivity index (χ1v) is 13.1. The van der Waals surface area contributed by atoms with E-state index < -0.39 is 38.3 Å². The smallest absolute Gasteiger partial charge is 0.243 e. The summed E-state index contributed by atoms with van der Waals surface area (Å²) in [5.74, 6) is -1.25. The summed E-state index contributed by atoms with van der Waals surface area (Å²) < 4.78 is 67.3. The lowest BCUT2D eigenvalue weighted by molar-refractivity contribution is -0.116. The van der Waals surface area contributed by atoms with Crippen molar-refractivity contribution >= 4 is 31.6 Å². The molecule has 0 spiro atoms. The van der Waals surface area contributed by atoms with Gasteiger partial charge < -0.3 is 5.32 Å². The number of carbonyl (C=O) groups excluding carboxylic acids is 1. The number of hydrogen-bond donors (Lipinski definition) is 2. The van der Waals surface area contributed by atoms with E-state index in [1.54, 1.807) is 37.3 Å². The molecule has 180 valence electrons. The van der Waals surface area contributed by atoms with Gasteiger partial charge >= 0.3 is 0 Å². The lowest BCUT2D eigenvalue weighted by atomic mass is 10.2. The Morgan fingerprint density at radius 1 is 0.912 bits per heavy atom. The van der Waals surface area contributed by atoms with Gasteiger partial charge in [-0.1, -0.05) is 36.4 Å². The number of carbonyl (C=O) groups is 1. The number of amides is 1. The van der Waals surface area contributed by atoms with Crippen LogP contribution in [0.1, 0.15) is 11.1 Å². The Kier molecular flexibility index (Phi) is 7.82. The van der Waals surface area contributed by atoms with Gasteiger partial charge in [0.05, 0.1) is 16.3 Å². The number of halogens is 1. The van der Waals surface area contributed by atoms with E-state index in [0.29, 0.717) is 11.1 Å². The number of anilines is 1. The van der Waals surface area contributed by atoms with Crippen molar-refractivity contribution < 1.29 is 26.0 Å². The summed E-state index contributed by atoms with van der Waals surface area (Å²) in [4.78, 5) is 12.7. The van der Waals surface area contributed by atoms with Gasteiger partial charge in [0, 0.05) is 12.2 Å². The molecule has 34 heavy (non-hydrogen) atoms. The highest BCUT2D eigenvalue weighted by Gasteiger charge is 2.27. The topological polar surface area (TPSA) is 113 Å². The molecule has 0 heterocycles. The zero-order valence-electron chi connectivity index (χ0n) is 18.5. The molecule has 3 aromatic carbocycles. The van der Waals surface area contributed by atoms with Crippen LogP contribution in [0, 0.1) is 12.7 Å². The number of hydrogen-bond acceptors (Lipinski definition) is 5. The lowest BCUT2D eigenvalue weighted by Gasteiger charge is -2.22. The van der Waals surface area contributed by atoms with Crippen molar-refractivity contribution in [3.63, 3.8) is 0 Å². The highest BCUT2D eigenvalue weighted by Crippen LogP contribution is 2.22. The zero-order chi connectivity index (χ0) is 24.9. The predicted octanol–water partition coefficient (Wildman–Crippen LogP) is 2.87. The third kappa shape index (κ3) is 6.06. The maximum atomic E-state index is 13.3. The molecule has 0 aliphatic heterocycles. The summed E-state index contributed by atoms with van der Waals surface area (Å²) >= 11 is 0. The molecule has 0 atom stereocenters. The number of aryl methyl sites for hydroxylation is 1. The second-order valence-electron chi connectivity index (χ2n) is 7.45. The summed E-state index contributed by atoms with van der Waals surface area (Å²) in [5, 5.41) is 2.60. The second kappa shape index (κ2) is 10.4. The van der Waals surface area contributed by atoms with Crippen LogP contribution >= 0.6 is 0 Å². The maximum Gasteiger partial charge on any atom is 0.243 e. The molecule has 3 aromatic rings. The third-order valence-corrected chi connectivity index (χ3v) is 8.25. The molecule has 0 saturated heterocycles. The van der Waals surface area contributed by atoms with Crippen LogP contribution in [0.3, 0.4) is 0 Å². The summed E-state index contributed by atoms with van der Waals surface area (Å²) in [5.41, 5.74) is 1.49. The van der Waals surface area contributed by atoms with Gasteiger partial charge in [0.25, 0.3) is 0 Å². The molecule has 1 amide bonds. The number of nitrogens with one attached hydrogen (secondary N) is 2. The summed E-state index contributed by atoms with van der Waals surface area (Å²) in [7, 11) is -6.61. The number of rotatable bonds is 9. The van der Waals surface area contributed by atoms with Crippen molar-refractivity contribution in [2.24, 2.45) is 0 Å². The zero-order valence-corrected chi connectivity index (χ0v) is 20.2. The molecule has 0 unspecified atom stereocenters. The van der Waals surface area contributed by atoms with E-state index in [9.17, 15) is 26.0 Å². The van der Waals surface area contributed by atoms with E-state index in [1.165, 1.54) is 25.2 Å². The molecular weight excluding hydrogens is 481 g/mol. The molecule has 11 heteroatoms. The average Bonchev–Trinajstić information content (AvgIpc) is 2.81. The van der Waals surface area contributed by atoms with E-state index in [2.05, 4.69) is 10.0 Å². The van der Waals surface area contributed by atoms with E-state index >= 15 is 0 Å². The SMILES string of the molecule is CNS(=O)(=O)c1ccc(C)c(NC(=O)CN(Cc2ccccc2)S(=O)(=O)c2ccc(F)cc2)c1. The fourth-order valence-electron chi connectivity index (χ4n) is 3.14. The van der Waals surface area contributed by atoms with Gasteiger partial charge in [-0.2, -0.15) is 4.31 Å². The summed E-state index contributed by atoms with van der Waals surface area (Å²) in [6, 6.07) is 17.3. The Morgan fingerprint density at radius 2 is 1.53 bits per heavy atom. The molecule has 0 aliphatic rings. The molecular formula is C23H24FN3O5S2. The maximum absolute atomic E-state index is 13.3. The van der Waals surface area contributed by atoms with Crippen LogP contribution in [-0.4, -0.2) is 40.6 Å². The van der Waals surface area contributed by atoms with Crippen LogP contribution in [-0.2, 0) is 31.4 Å². The second-order valence-corrected chi connectivity index (χ2v) is 11.3. The molecule has 8 nitrogen and oxygen atoms in total. The fourth-order valence-corrected chi connectivity index (χ4v) is 5.28. The van der Waals surface area contributed by atoms with Crippen molar-refractivity contribution in [2.45, 2.75) is 23.3 Å². The Labute approximate surface area is 198 Å². The van der Waals surface area contributed by atoms with Crippen molar-refractivity contribution in [1.29, 1.82) is 0 Å². The van der Waals surface area contributed by atoms with Gasteiger partial charge in [0.1, 0.15) is 5.82 Å². The Bertz CT molecular complexity index is 1380. The van der Waals surface area contributed by atoms with Gasteiger partial charge in [0.2, 0.25) is 26.0 Å². The minimum Gasteiger partial charge on any atom is -0.325 e. The first kappa shape index (κ1) is 25.5. The van der Waals surface area contributed by atoms with Gasteiger partial charge in [0.15, 0.2) is 0 Å². The van der Waals surface area contributed by atoms with Crippen LogP contribution in [0.15, 0.2) is 82.6 Å². The van der Waals surface area contributed by atoms with Crippen LogP contribution in [0.4, 0.5) is 10.1 Å². The number of benzene rings is 3. The van der Waals surface area contributed by atoms with Gasteiger partial charge in [-0.25, -0.2) is 25.9 Å². The molecule has 3 rings (SSSR count). The van der Waals surface area contributed by atoms with Crippen molar-refractivity contribution in [1.82, 2.24) is 9.03 Å². The van der Waals surface area contributed by atoms with Crippen molar-refractivity contribution in [2.75, 3.05) is 18.9 Å². The Morgan fingerprint density at radius 3 is 2.15 bits per heavy atom. The van der Waals surface area contributed by atoms with E-state index in [1.807, 2.05) is 0 Å². The minimum absolute atomic E-state index is 0.0454. The third-order valence-electron chi connectivity index (χ3n) is 5.04. The monoisotopic (exact) mass is 505 g/mol. The van der Waals surface area contributed by atoms with Crippen molar-refractivity contribution in [3.8, 4) is 0 Å². The minimum atomic E-state index is -4.15. The molecule has 0 fully saturated rings. The van der Waals surface area contributed by atoms with E-state index in [0.717, 1.165) is 28.6 Å². The normalized spacial score (nSPS) is 12.0. The summed E-state index contributed by atoms with van der Waals surface area (Å²) in [6.45, 7) is 1.04. The van der Waals surface area contributed by atoms with Gasteiger partial charge in [-0.05, 0) is 61.5 Å². The highest BCUT2D eigenvalue weighted by molar-refractivity contribution is 7.89. The molecule has 0 saturated carbocycles. The van der Waals surface area contributed by atoms with Crippen LogP contribution < -0.4 is 10.0 Å². The average molecular weight is 506 g/mol. The summed E-state index contributed by atoms with van der Waals surface area (Å²) in [6.07, 6.45) is 0. The standard InChI is InChI=1S/C23H24FN3O5S2/c1-17-8-11-21(33(29,30)25-2)14-22(17)26-23(28)16-27(15-18-6-4-3-5-7-18)34(31,32)20-12-9-19(24)10-13-20/h3-14,25H,15-16H2,1-2H3,(H,26,28). The predicted molar refractivity (Wildman–Crippen MR) is 126 cm³/mol. The number of nitrogens with zero attached hydrogens (tertiary/aromatic N) is 1. The number of sulfonamides is 2.